The smallest absolute Gasteiger partial charge is 0.254 e. The number of anilines is 1. The second-order valence-electron chi connectivity index (χ2n) is 8.42. The molecule has 1 aliphatic rings. The second kappa shape index (κ2) is 11.5. The minimum Gasteiger partial charge on any atom is -0.497 e. The maximum atomic E-state index is 13.0. The van der Waals surface area contributed by atoms with E-state index in [-0.39, 0.29) is 18.4 Å². The molecule has 0 unspecified atom stereocenters. The Morgan fingerprint density at radius 1 is 0.889 bits per heavy atom. The minimum absolute atomic E-state index is 0.0520. The van der Waals surface area contributed by atoms with Crippen LogP contribution >= 0.6 is 0 Å². The van der Waals surface area contributed by atoms with Crippen LogP contribution < -0.4 is 14.4 Å². The number of piperazine rings is 1. The first-order valence-electron chi connectivity index (χ1n) is 12.0. The van der Waals surface area contributed by atoms with E-state index in [2.05, 4.69) is 15.1 Å². The van der Waals surface area contributed by atoms with Crippen LogP contribution in [0, 0.1) is 0 Å². The van der Waals surface area contributed by atoms with Crippen LogP contribution in [0.15, 0.2) is 60.7 Å². The number of rotatable bonds is 8. The number of hydrogen-bond acceptors (Lipinski definition) is 7. The first kappa shape index (κ1) is 25.0. The van der Waals surface area contributed by atoms with E-state index in [0.29, 0.717) is 44.0 Å². The van der Waals surface area contributed by atoms with Crippen molar-refractivity contribution in [2.45, 2.75) is 6.92 Å². The lowest BCUT2D eigenvalue weighted by molar-refractivity contribution is -0.132. The largest absolute Gasteiger partial charge is 0.497 e. The fourth-order valence-corrected chi connectivity index (χ4v) is 4.12. The number of benzene rings is 2. The number of likely N-dealkylation sites (N-methyl/N-ethyl adjacent to an activating group) is 1. The lowest BCUT2D eigenvalue weighted by Gasteiger charge is -2.36. The van der Waals surface area contributed by atoms with Gasteiger partial charge in [-0.15, -0.1) is 10.2 Å². The molecule has 9 nitrogen and oxygen atoms in total. The highest BCUT2D eigenvalue weighted by molar-refractivity contribution is 5.96. The van der Waals surface area contributed by atoms with Crippen molar-refractivity contribution in [3.8, 4) is 22.8 Å². The Bertz CT molecular complexity index is 1180. The van der Waals surface area contributed by atoms with Crippen molar-refractivity contribution in [2.75, 3.05) is 58.4 Å². The first-order chi connectivity index (χ1) is 17.5. The SMILES string of the molecule is CCN(CC(=O)N1CCN(c2ccc(-c3cccc(OC)c3)nn2)CC1)C(=O)c1ccc(OC)cc1. The number of carbonyl (C=O) groups is 2. The summed E-state index contributed by atoms with van der Waals surface area (Å²) in [5.41, 5.74) is 2.24. The maximum absolute atomic E-state index is 13.0. The molecule has 0 bridgehead atoms. The molecule has 0 aliphatic carbocycles. The van der Waals surface area contributed by atoms with E-state index < -0.39 is 0 Å². The van der Waals surface area contributed by atoms with Crippen molar-refractivity contribution >= 4 is 17.6 Å². The fraction of sp³-hybridized carbons (Fsp3) is 0.333. The molecule has 3 aromatic rings. The Morgan fingerprint density at radius 2 is 1.61 bits per heavy atom. The van der Waals surface area contributed by atoms with Gasteiger partial charge >= 0.3 is 0 Å². The molecule has 2 heterocycles. The van der Waals surface area contributed by atoms with Crippen molar-refractivity contribution in [2.24, 2.45) is 0 Å². The summed E-state index contributed by atoms with van der Waals surface area (Å²) >= 11 is 0. The summed E-state index contributed by atoms with van der Waals surface area (Å²) in [6, 6.07) is 18.5. The van der Waals surface area contributed by atoms with E-state index in [1.807, 2.05) is 43.3 Å². The van der Waals surface area contributed by atoms with Crippen molar-refractivity contribution < 1.29 is 19.1 Å². The standard InChI is InChI=1S/C27H31N5O4/c1-4-30(27(34)20-8-10-22(35-2)11-9-20)19-26(33)32-16-14-31(15-17-32)25-13-12-24(28-29-25)21-6-5-7-23(18-21)36-3/h5-13,18H,4,14-17,19H2,1-3H3. The van der Waals surface area contributed by atoms with Gasteiger partial charge < -0.3 is 24.2 Å². The van der Waals surface area contributed by atoms with Gasteiger partial charge in [0.25, 0.3) is 5.91 Å². The molecule has 1 saturated heterocycles. The van der Waals surface area contributed by atoms with Gasteiger partial charge in [0.05, 0.1) is 19.9 Å². The van der Waals surface area contributed by atoms with Gasteiger partial charge in [0.1, 0.15) is 18.0 Å². The molecular weight excluding hydrogens is 458 g/mol. The van der Waals surface area contributed by atoms with E-state index in [4.69, 9.17) is 9.47 Å². The number of amides is 2. The van der Waals surface area contributed by atoms with Crippen molar-refractivity contribution in [1.29, 1.82) is 0 Å². The predicted molar refractivity (Wildman–Crippen MR) is 137 cm³/mol. The highest BCUT2D eigenvalue weighted by Gasteiger charge is 2.25. The molecule has 0 spiro atoms. The molecule has 2 amide bonds. The molecule has 36 heavy (non-hydrogen) atoms. The van der Waals surface area contributed by atoms with E-state index in [1.54, 1.807) is 48.3 Å². The van der Waals surface area contributed by atoms with Gasteiger partial charge in [-0.2, -0.15) is 0 Å². The minimum atomic E-state index is -0.168. The van der Waals surface area contributed by atoms with Crippen LogP contribution in [0.25, 0.3) is 11.3 Å². The van der Waals surface area contributed by atoms with Crippen LogP contribution in [0.3, 0.4) is 0 Å². The van der Waals surface area contributed by atoms with Crippen LogP contribution in [-0.4, -0.2) is 85.3 Å². The Hall–Kier alpha value is -4.14. The summed E-state index contributed by atoms with van der Waals surface area (Å²) < 4.78 is 10.4. The van der Waals surface area contributed by atoms with Gasteiger partial charge in [0.2, 0.25) is 5.91 Å². The molecule has 0 N–H and O–H groups in total. The lowest BCUT2D eigenvalue weighted by Crippen LogP contribution is -2.52. The van der Waals surface area contributed by atoms with E-state index >= 15 is 0 Å². The second-order valence-corrected chi connectivity index (χ2v) is 8.42. The molecule has 1 aromatic heterocycles. The summed E-state index contributed by atoms with van der Waals surface area (Å²) in [7, 11) is 3.22. The van der Waals surface area contributed by atoms with Crippen LogP contribution in [0.1, 0.15) is 17.3 Å². The van der Waals surface area contributed by atoms with Crippen LogP contribution in [-0.2, 0) is 4.79 Å². The Kier molecular flexibility index (Phi) is 7.99. The van der Waals surface area contributed by atoms with Crippen molar-refractivity contribution in [3.05, 3.63) is 66.2 Å². The summed E-state index contributed by atoms with van der Waals surface area (Å²) in [6.45, 7) is 4.80. The van der Waals surface area contributed by atoms with Gasteiger partial charge in [-0.05, 0) is 55.5 Å². The Morgan fingerprint density at radius 3 is 2.22 bits per heavy atom. The van der Waals surface area contributed by atoms with Gasteiger partial charge in [0, 0.05) is 43.9 Å². The molecule has 1 fully saturated rings. The van der Waals surface area contributed by atoms with Crippen molar-refractivity contribution in [1.82, 2.24) is 20.0 Å². The van der Waals surface area contributed by atoms with Crippen LogP contribution in [0.5, 0.6) is 11.5 Å². The zero-order chi connectivity index (χ0) is 25.5. The molecule has 9 heteroatoms. The number of carbonyl (C=O) groups excluding carboxylic acids is 2. The number of hydrogen-bond donors (Lipinski definition) is 0. The average Bonchev–Trinajstić information content (AvgIpc) is 2.95. The molecule has 0 atom stereocenters. The molecule has 0 radical (unpaired) electrons. The third kappa shape index (κ3) is 5.73. The number of ether oxygens (including phenoxy) is 2. The normalized spacial score (nSPS) is 13.3. The third-order valence-electron chi connectivity index (χ3n) is 6.30. The number of aromatic nitrogens is 2. The van der Waals surface area contributed by atoms with E-state index in [1.165, 1.54) is 0 Å². The van der Waals surface area contributed by atoms with Crippen LogP contribution in [0.4, 0.5) is 5.82 Å². The quantitative estimate of drug-likeness (QED) is 0.481. The zero-order valence-electron chi connectivity index (χ0n) is 20.9. The van der Waals surface area contributed by atoms with Crippen molar-refractivity contribution in [3.63, 3.8) is 0 Å². The topological polar surface area (TPSA) is 88.1 Å². The summed E-state index contributed by atoms with van der Waals surface area (Å²) in [6.07, 6.45) is 0. The average molecular weight is 490 g/mol. The van der Waals surface area contributed by atoms with Crippen LogP contribution in [0.2, 0.25) is 0 Å². The highest BCUT2D eigenvalue weighted by atomic mass is 16.5. The zero-order valence-corrected chi connectivity index (χ0v) is 20.9. The lowest BCUT2D eigenvalue weighted by atomic mass is 10.1. The molecule has 4 rings (SSSR count). The maximum Gasteiger partial charge on any atom is 0.254 e. The molecule has 1 aliphatic heterocycles. The number of nitrogens with zero attached hydrogens (tertiary/aromatic N) is 5. The first-order valence-corrected chi connectivity index (χ1v) is 12.0. The van der Waals surface area contributed by atoms with Gasteiger partial charge in [0.15, 0.2) is 5.82 Å². The molecule has 188 valence electrons. The molecule has 0 saturated carbocycles. The molecule has 2 aromatic carbocycles. The van der Waals surface area contributed by atoms with E-state index in [0.717, 1.165) is 22.8 Å². The van der Waals surface area contributed by atoms with E-state index in [9.17, 15) is 9.59 Å². The Balaban J connectivity index is 1.32. The highest BCUT2D eigenvalue weighted by Crippen LogP contribution is 2.23. The summed E-state index contributed by atoms with van der Waals surface area (Å²) in [4.78, 5) is 31.3. The van der Waals surface area contributed by atoms with Gasteiger partial charge in [-0.25, -0.2) is 0 Å². The van der Waals surface area contributed by atoms with Gasteiger partial charge in [-0.3, -0.25) is 9.59 Å². The summed E-state index contributed by atoms with van der Waals surface area (Å²) in [5, 5.41) is 8.79. The van der Waals surface area contributed by atoms with Gasteiger partial charge in [-0.1, -0.05) is 12.1 Å². The third-order valence-corrected chi connectivity index (χ3v) is 6.30. The predicted octanol–water partition coefficient (Wildman–Crippen LogP) is 2.97. The summed E-state index contributed by atoms with van der Waals surface area (Å²) in [5.74, 6) is 2.00. The Labute approximate surface area is 211 Å². The monoisotopic (exact) mass is 489 g/mol. The number of methoxy groups -OCH3 is 2. The molecular formula is C27H31N5O4. The fourth-order valence-electron chi connectivity index (χ4n) is 4.12.